The van der Waals surface area contributed by atoms with Gasteiger partial charge in [0.15, 0.2) is 0 Å². The van der Waals surface area contributed by atoms with Crippen LogP contribution in [0.5, 0.6) is 0 Å². The molecule has 0 aromatic heterocycles. The van der Waals surface area contributed by atoms with Crippen LogP contribution in [0.1, 0.15) is 39.3 Å². The van der Waals surface area contributed by atoms with Crippen LogP contribution in [0.4, 0.5) is 0 Å². The van der Waals surface area contributed by atoms with Crippen LogP contribution in [0.2, 0.25) is 0 Å². The highest BCUT2D eigenvalue weighted by molar-refractivity contribution is 5.17. The zero-order valence-electron chi connectivity index (χ0n) is 12.6. The first kappa shape index (κ1) is 15.7. The molecule has 2 heteroatoms. The van der Waals surface area contributed by atoms with Crippen molar-refractivity contribution in [1.82, 2.24) is 5.06 Å². The molecule has 19 heavy (non-hydrogen) atoms. The minimum atomic E-state index is 0.0618. The molecule has 0 aliphatic rings. The molecule has 0 N–H and O–H groups in total. The van der Waals surface area contributed by atoms with Crippen LogP contribution in [0.3, 0.4) is 0 Å². The lowest BCUT2D eigenvalue weighted by atomic mass is 10.1. The average Bonchev–Trinajstić information content (AvgIpc) is 2.38. The van der Waals surface area contributed by atoms with Gasteiger partial charge in [0.1, 0.15) is 0 Å². The zero-order chi connectivity index (χ0) is 14.3. The second kappa shape index (κ2) is 7.93. The van der Waals surface area contributed by atoms with Crippen molar-refractivity contribution >= 4 is 0 Å². The Balaban J connectivity index is 2.52. The van der Waals surface area contributed by atoms with Gasteiger partial charge in [0.05, 0.1) is 12.1 Å². The summed E-state index contributed by atoms with van der Waals surface area (Å²) in [6.07, 6.45) is 6.25. The van der Waals surface area contributed by atoms with Crippen LogP contribution in [-0.2, 0) is 4.84 Å². The molecular weight excluding hydrogens is 234 g/mol. The van der Waals surface area contributed by atoms with Crippen molar-refractivity contribution in [2.75, 3.05) is 7.05 Å². The predicted octanol–water partition coefficient (Wildman–Crippen LogP) is 4.52. The minimum absolute atomic E-state index is 0.0618. The molecule has 0 spiro atoms. The number of hydrogen-bond acceptors (Lipinski definition) is 2. The fourth-order valence-corrected chi connectivity index (χ4v) is 1.73. The van der Waals surface area contributed by atoms with E-state index in [1.807, 2.05) is 31.2 Å². The topological polar surface area (TPSA) is 12.5 Å². The second-order valence-corrected chi connectivity index (χ2v) is 5.07. The molecule has 0 saturated heterocycles. The molecule has 0 saturated carbocycles. The number of hydroxylamine groups is 2. The van der Waals surface area contributed by atoms with Crippen molar-refractivity contribution < 1.29 is 4.84 Å². The number of rotatable bonds is 6. The summed E-state index contributed by atoms with van der Waals surface area (Å²) in [6, 6.07) is 10.6. The van der Waals surface area contributed by atoms with Gasteiger partial charge in [-0.15, -0.1) is 0 Å². The van der Waals surface area contributed by atoms with E-state index >= 15 is 0 Å². The van der Waals surface area contributed by atoms with Crippen molar-refractivity contribution in [1.29, 1.82) is 0 Å². The fourth-order valence-electron chi connectivity index (χ4n) is 1.73. The number of hydrogen-bond donors (Lipinski definition) is 0. The van der Waals surface area contributed by atoms with Crippen LogP contribution >= 0.6 is 0 Å². The smallest absolute Gasteiger partial charge is 0.0949 e. The summed E-state index contributed by atoms with van der Waals surface area (Å²) >= 11 is 0. The van der Waals surface area contributed by atoms with Crippen molar-refractivity contribution in [3.8, 4) is 0 Å². The molecule has 0 fully saturated rings. The molecule has 0 unspecified atom stereocenters. The highest BCUT2D eigenvalue weighted by Crippen LogP contribution is 2.19. The van der Waals surface area contributed by atoms with E-state index < -0.39 is 0 Å². The zero-order valence-corrected chi connectivity index (χ0v) is 12.6. The van der Waals surface area contributed by atoms with Gasteiger partial charge in [0, 0.05) is 7.05 Å². The summed E-state index contributed by atoms with van der Waals surface area (Å²) in [6.45, 7) is 8.35. The van der Waals surface area contributed by atoms with Crippen LogP contribution in [0.15, 0.2) is 54.1 Å². The van der Waals surface area contributed by atoms with E-state index in [0.717, 1.165) is 0 Å². The summed E-state index contributed by atoms with van der Waals surface area (Å²) in [5.41, 5.74) is 2.54. The highest BCUT2D eigenvalue weighted by Gasteiger charge is 2.13. The maximum atomic E-state index is 5.87. The van der Waals surface area contributed by atoms with Crippen LogP contribution in [-0.4, -0.2) is 18.2 Å². The van der Waals surface area contributed by atoms with Gasteiger partial charge in [-0.3, -0.25) is 4.84 Å². The molecule has 1 rings (SSSR count). The Kier molecular flexibility index (Phi) is 6.54. The molecule has 104 valence electrons. The Hall–Kier alpha value is -1.38. The van der Waals surface area contributed by atoms with E-state index in [1.54, 1.807) is 0 Å². The molecular formula is C17H25NO. The van der Waals surface area contributed by atoms with Crippen LogP contribution < -0.4 is 0 Å². The predicted molar refractivity (Wildman–Crippen MR) is 81.7 cm³/mol. The van der Waals surface area contributed by atoms with Crippen molar-refractivity contribution in [2.45, 2.75) is 39.8 Å². The SMILES string of the molecule is CC(C)=C/C=C/[C@@H](C)ON(C)[C@H](C)c1ccccc1. The van der Waals surface area contributed by atoms with Gasteiger partial charge in [-0.25, -0.2) is 0 Å². The van der Waals surface area contributed by atoms with Crippen LogP contribution in [0.25, 0.3) is 0 Å². The minimum Gasteiger partial charge on any atom is -0.292 e. The fraction of sp³-hybridized carbons (Fsp3) is 0.412. The Morgan fingerprint density at radius 1 is 1.16 bits per heavy atom. The molecule has 0 aliphatic carbocycles. The van der Waals surface area contributed by atoms with Crippen molar-refractivity contribution in [3.05, 3.63) is 59.7 Å². The third kappa shape index (κ3) is 5.86. The van der Waals surface area contributed by atoms with Gasteiger partial charge in [0.25, 0.3) is 0 Å². The lowest BCUT2D eigenvalue weighted by Gasteiger charge is -2.26. The summed E-state index contributed by atoms with van der Waals surface area (Å²) < 4.78 is 0. The standard InChI is InChI=1S/C17H25NO/c1-14(2)10-9-11-15(3)19-18(5)16(4)17-12-7-6-8-13-17/h6-13,15-16H,1-5H3/b11-9+/t15-,16-/m1/s1. The van der Waals surface area contributed by atoms with E-state index in [-0.39, 0.29) is 12.1 Å². The molecule has 2 nitrogen and oxygen atoms in total. The summed E-state index contributed by atoms with van der Waals surface area (Å²) in [4.78, 5) is 5.87. The number of allylic oxidation sites excluding steroid dienone is 3. The Morgan fingerprint density at radius 3 is 2.37 bits per heavy atom. The average molecular weight is 259 g/mol. The van der Waals surface area contributed by atoms with Gasteiger partial charge in [0.2, 0.25) is 0 Å². The maximum Gasteiger partial charge on any atom is 0.0949 e. The van der Waals surface area contributed by atoms with Gasteiger partial charge in [-0.05, 0) is 33.3 Å². The van der Waals surface area contributed by atoms with Crippen molar-refractivity contribution in [2.24, 2.45) is 0 Å². The number of nitrogens with zero attached hydrogens (tertiary/aromatic N) is 1. The highest BCUT2D eigenvalue weighted by atomic mass is 16.7. The second-order valence-electron chi connectivity index (χ2n) is 5.07. The van der Waals surface area contributed by atoms with Gasteiger partial charge in [-0.2, -0.15) is 5.06 Å². The Bertz CT molecular complexity index is 418. The van der Waals surface area contributed by atoms with Gasteiger partial charge >= 0.3 is 0 Å². The van der Waals surface area contributed by atoms with Gasteiger partial charge < -0.3 is 0 Å². The van der Waals surface area contributed by atoms with E-state index in [4.69, 9.17) is 4.84 Å². The molecule has 0 aliphatic heterocycles. The molecule has 0 amide bonds. The number of benzene rings is 1. The maximum absolute atomic E-state index is 5.87. The lowest BCUT2D eigenvalue weighted by molar-refractivity contribution is -0.185. The first-order valence-corrected chi connectivity index (χ1v) is 6.77. The Morgan fingerprint density at radius 2 is 1.79 bits per heavy atom. The third-order valence-electron chi connectivity index (χ3n) is 2.97. The van der Waals surface area contributed by atoms with E-state index in [2.05, 4.69) is 57.2 Å². The molecule has 0 heterocycles. The van der Waals surface area contributed by atoms with E-state index in [9.17, 15) is 0 Å². The van der Waals surface area contributed by atoms with Crippen molar-refractivity contribution in [3.63, 3.8) is 0 Å². The summed E-state index contributed by atoms with van der Waals surface area (Å²) in [7, 11) is 1.98. The lowest BCUT2D eigenvalue weighted by Crippen LogP contribution is -2.26. The molecule has 0 bridgehead atoms. The summed E-state index contributed by atoms with van der Waals surface area (Å²) in [5.74, 6) is 0. The monoisotopic (exact) mass is 259 g/mol. The normalized spacial score (nSPS) is 14.6. The first-order valence-electron chi connectivity index (χ1n) is 6.77. The molecule has 2 atom stereocenters. The molecule has 0 radical (unpaired) electrons. The van der Waals surface area contributed by atoms with Crippen LogP contribution in [0, 0.1) is 0 Å². The largest absolute Gasteiger partial charge is 0.292 e. The summed E-state index contributed by atoms with van der Waals surface area (Å²) in [5, 5.41) is 1.91. The van der Waals surface area contributed by atoms with E-state index in [0.29, 0.717) is 0 Å². The van der Waals surface area contributed by atoms with E-state index in [1.165, 1.54) is 11.1 Å². The third-order valence-corrected chi connectivity index (χ3v) is 2.97. The first-order chi connectivity index (χ1) is 9.00. The molecule has 1 aromatic carbocycles. The quantitative estimate of drug-likeness (QED) is 0.550. The molecule has 1 aromatic rings. The Labute approximate surface area is 117 Å². The van der Waals surface area contributed by atoms with Gasteiger partial charge in [-0.1, -0.05) is 54.1 Å².